The number of hydrogen-bond acceptors (Lipinski definition) is 2. The highest BCUT2D eigenvalue weighted by Crippen LogP contribution is 2.15. The van der Waals surface area contributed by atoms with Crippen LogP contribution in [0.3, 0.4) is 0 Å². The van der Waals surface area contributed by atoms with Crippen molar-refractivity contribution in [2.24, 2.45) is 11.8 Å². The predicted molar refractivity (Wildman–Crippen MR) is 44.2 cm³/mol. The molecule has 64 valence electrons. The van der Waals surface area contributed by atoms with Gasteiger partial charge in [-0.2, -0.15) is 0 Å². The van der Waals surface area contributed by atoms with E-state index in [9.17, 15) is 4.79 Å². The second kappa shape index (κ2) is 3.72. The van der Waals surface area contributed by atoms with Crippen LogP contribution in [0.25, 0.3) is 0 Å². The van der Waals surface area contributed by atoms with Crippen LogP contribution in [0.2, 0.25) is 0 Å². The number of nitrogens with one attached hydrogen (secondary N) is 2. The average molecular weight is 156 g/mol. The van der Waals surface area contributed by atoms with E-state index in [0.717, 1.165) is 19.6 Å². The molecule has 2 N–H and O–H groups in total. The van der Waals surface area contributed by atoms with Gasteiger partial charge in [0.05, 0.1) is 5.92 Å². The van der Waals surface area contributed by atoms with E-state index >= 15 is 0 Å². The Bertz CT molecular complexity index is 147. The van der Waals surface area contributed by atoms with Gasteiger partial charge in [-0.1, -0.05) is 6.92 Å². The van der Waals surface area contributed by atoms with Crippen LogP contribution in [0.5, 0.6) is 0 Å². The van der Waals surface area contributed by atoms with E-state index in [1.807, 2.05) is 6.92 Å². The first-order valence-corrected chi connectivity index (χ1v) is 4.24. The largest absolute Gasteiger partial charge is 0.356 e. The Morgan fingerprint density at radius 2 is 2.36 bits per heavy atom. The third kappa shape index (κ3) is 1.93. The smallest absolute Gasteiger partial charge is 0.224 e. The van der Waals surface area contributed by atoms with E-state index in [2.05, 4.69) is 17.6 Å². The first-order chi connectivity index (χ1) is 5.25. The Morgan fingerprint density at radius 3 is 2.82 bits per heavy atom. The lowest BCUT2D eigenvalue weighted by atomic mass is 9.97. The van der Waals surface area contributed by atoms with E-state index in [1.54, 1.807) is 0 Å². The fourth-order valence-corrected chi connectivity index (χ4v) is 1.47. The SMILES string of the molecule is CCNC(=O)C1CNCC1C. The molecule has 2 atom stereocenters. The van der Waals surface area contributed by atoms with Gasteiger partial charge in [0.1, 0.15) is 0 Å². The summed E-state index contributed by atoms with van der Waals surface area (Å²) in [5.74, 6) is 0.876. The third-order valence-electron chi connectivity index (χ3n) is 2.21. The number of amides is 1. The fourth-order valence-electron chi connectivity index (χ4n) is 1.47. The maximum atomic E-state index is 11.3. The highest BCUT2D eigenvalue weighted by Gasteiger charge is 2.28. The van der Waals surface area contributed by atoms with Gasteiger partial charge in [0, 0.05) is 13.1 Å². The molecule has 1 amide bonds. The summed E-state index contributed by atoms with van der Waals surface area (Å²) in [5.41, 5.74) is 0. The van der Waals surface area contributed by atoms with Crippen molar-refractivity contribution in [3.05, 3.63) is 0 Å². The summed E-state index contributed by atoms with van der Waals surface area (Å²) in [6.45, 7) is 6.61. The monoisotopic (exact) mass is 156 g/mol. The molecule has 11 heavy (non-hydrogen) atoms. The molecule has 1 fully saturated rings. The van der Waals surface area contributed by atoms with Crippen LogP contribution in [-0.4, -0.2) is 25.5 Å². The van der Waals surface area contributed by atoms with Crippen molar-refractivity contribution < 1.29 is 4.79 Å². The zero-order chi connectivity index (χ0) is 8.27. The summed E-state index contributed by atoms with van der Waals surface area (Å²) < 4.78 is 0. The van der Waals surface area contributed by atoms with Crippen LogP contribution < -0.4 is 10.6 Å². The molecule has 1 saturated heterocycles. The quantitative estimate of drug-likeness (QED) is 0.590. The minimum absolute atomic E-state index is 0.190. The molecule has 0 aromatic heterocycles. The van der Waals surface area contributed by atoms with E-state index < -0.39 is 0 Å². The topological polar surface area (TPSA) is 41.1 Å². The molecule has 0 spiro atoms. The van der Waals surface area contributed by atoms with Gasteiger partial charge in [-0.3, -0.25) is 4.79 Å². The van der Waals surface area contributed by atoms with Gasteiger partial charge in [0.2, 0.25) is 5.91 Å². The summed E-state index contributed by atoms with van der Waals surface area (Å²) in [7, 11) is 0. The maximum Gasteiger partial charge on any atom is 0.224 e. The molecule has 3 nitrogen and oxygen atoms in total. The van der Waals surface area contributed by atoms with Crippen molar-refractivity contribution >= 4 is 5.91 Å². The Morgan fingerprint density at radius 1 is 1.64 bits per heavy atom. The van der Waals surface area contributed by atoms with Gasteiger partial charge >= 0.3 is 0 Å². The zero-order valence-corrected chi connectivity index (χ0v) is 7.18. The van der Waals surface area contributed by atoms with Gasteiger partial charge < -0.3 is 10.6 Å². The molecule has 2 unspecified atom stereocenters. The molecule has 1 heterocycles. The number of carbonyl (C=O) groups excluding carboxylic acids is 1. The van der Waals surface area contributed by atoms with Gasteiger partial charge in [0.15, 0.2) is 0 Å². The second-order valence-corrected chi connectivity index (χ2v) is 3.14. The number of carbonyl (C=O) groups is 1. The Balaban J connectivity index is 2.39. The summed E-state index contributed by atoms with van der Waals surface area (Å²) >= 11 is 0. The zero-order valence-electron chi connectivity index (χ0n) is 7.18. The summed E-state index contributed by atoms with van der Waals surface area (Å²) in [5, 5.41) is 6.04. The van der Waals surface area contributed by atoms with Crippen molar-refractivity contribution in [3.63, 3.8) is 0 Å². The molecule has 0 radical (unpaired) electrons. The van der Waals surface area contributed by atoms with E-state index in [-0.39, 0.29) is 11.8 Å². The highest BCUT2D eigenvalue weighted by atomic mass is 16.1. The van der Waals surface area contributed by atoms with Crippen molar-refractivity contribution in [2.45, 2.75) is 13.8 Å². The van der Waals surface area contributed by atoms with E-state index in [1.165, 1.54) is 0 Å². The number of hydrogen-bond donors (Lipinski definition) is 2. The Hall–Kier alpha value is -0.570. The summed E-state index contributed by atoms with van der Waals surface area (Å²) in [6.07, 6.45) is 0. The first-order valence-electron chi connectivity index (χ1n) is 4.24. The van der Waals surface area contributed by atoms with Gasteiger partial charge in [-0.15, -0.1) is 0 Å². The standard InChI is InChI=1S/C8H16N2O/c1-3-10-8(11)7-5-9-4-6(7)2/h6-7,9H,3-5H2,1-2H3,(H,10,11). The molecule has 1 rings (SSSR count). The van der Waals surface area contributed by atoms with Gasteiger partial charge in [-0.05, 0) is 19.4 Å². The molecule has 0 aromatic rings. The van der Waals surface area contributed by atoms with Crippen LogP contribution in [0, 0.1) is 11.8 Å². The molecular formula is C8H16N2O. The lowest BCUT2D eigenvalue weighted by Crippen LogP contribution is -2.33. The van der Waals surface area contributed by atoms with Crippen LogP contribution in [0.1, 0.15) is 13.8 Å². The van der Waals surface area contributed by atoms with Crippen molar-refractivity contribution in [2.75, 3.05) is 19.6 Å². The third-order valence-corrected chi connectivity index (χ3v) is 2.21. The summed E-state index contributed by atoms with van der Waals surface area (Å²) in [6, 6.07) is 0. The maximum absolute atomic E-state index is 11.3. The molecule has 0 saturated carbocycles. The normalized spacial score (nSPS) is 30.4. The molecule has 1 aliphatic heterocycles. The predicted octanol–water partition coefficient (Wildman–Crippen LogP) is -0.0220. The number of rotatable bonds is 2. The van der Waals surface area contributed by atoms with Crippen LogP contribution in [0.15, 0.2) is 0 Å². The minimum atomic E-state index is 0.190. The molecule has 3 heteroatoms. The van der Waals surface area contributed by atoms with Gasteiger partial charge in [-0.25, -0.2) is 0 Å². The first kappa shape index (κ1) is 8.53. The van der Waals surface area contributed by atoms with Crippen LogP contribution in [0.4, 0.5) is 0 Å². The minimum Gasteiger partial charge on any atom is -0.356 e. The molecule has 1 aliphatic rings. The Kier molecular flexibility index (Phi) is 2.88. The Labute approximate surface area is 67.5 Å². The molecule has 0 bridgehead atoms. The molecular weight excluding hydrogens is 140 g/mol. The van der Waals surface area contributed by atoms with Crippen LogP contribution in [-0.2, 0) is 4.79 Å². The lowest BCUT2D eigenvalue weighted by Gasteiger charge is -2.12. The molecule has 0 aromatic carbocycles. The van der Waals surface area contributed by atoms with Crippen molar-refractivity contribution in [3.8, 4) is 0 Å². The second-order valence-electron chi connectivity index (χ2n) is 3.14. The van der Waals surface area contributed by atoms with Crippen molar-refractivity contribution in [1.82, 2.24) is 10.6 Å². The van der Waals surface area contributed by atoms with Crippen molar-refractivity contribution in [1.29, 1.82) is 0 Å². The summed E-state index contributed by atoms with van der Waals surface area (Å²) in [4.78, 5) is 11.3. The average Bonchev–Trinajstić information content (AvgIpc) is 2.36. The van der Waals surface area contributed by atoms with E-state index in [4.69, 9.17) is 0 Å². The van der Waals surface area contributed by atoms with E-state index in [0.29, 0.717) is 5.92 Å². The molecule has 0 aliphatic carbocycles. The lowest BCUT2D eigenvalue weighted by molar-refractivity contribution is -0.125. The van der Waals surface area contributed by atoms with Crippen LogP contribution >= 0.6 is 0 Å². The highest BCUT2D eigenvalue weighted by molar-refractivity contribution is 5.79. The van der Waals surface area contributed by atoms with Gasteiger partial charge in [0.25, 0.3) is 0 Å². The fraction of sp³-hybridized carbons (Fsp3) is 0.875.